The summed E-state index contributed by atoms with van der Waals surface area (Å²) in [6.07, 6.45) is 3.01. The van der Waals surface area contributed by atoms with E-state index >= 15 is 0 Å². The molecule has 31 heavy (non-hydrogen) atoms. The average molecular weight is 481 g/mol. The van der Waals surface area contributed by atoms with Crippen molar-refractivity contribution in [1.82, 2.24) is 14.3 Å². The van der Waals surface area contributed by atoms with Crippen molar-refractivity contribution in [3.63, 3.8) is 0 Å². The van der Waals surface area contributed by atoms with Crippen LogP contribution in [0.3, 0.4) is 0 Å². The fourth-order valence-corrected chi connectivity index (χ4v) is 3.19. The molecule has 1 aliphatic heterocycles. The van der Waals surface area contributed by atoms with E-state index in [0.29, 0.717) is 10.5 Å². The Morgan fingerprint density at radius 2 is 1.84 bits per heavy atom. The Hall–Kier alpha value is -2.28. The summed E-state index contributed by atoms with van der Waals surface area (Å²) in [5.41, 5.74) is 2.50. The summed E-state index contributed by atoms with van der Waals surface area (Å²) < 4.78 is 7.25. The number of fused-ring (bicyclic) bond motifs is 2. The number of carbonyl (C=O) groups is 3. The number of aromatic amines is 1. The maximum Gasteiger partial charge on any atom is 1.00 e. The van der Waals surface area contributed by atoms with E-state index in [0.717, 1.165) is 6.07 Å². The minimum absolute atomic E-state index is 0. The molecule has 0 aromatic carbocycles. The largest absolute Gasteiger partial charge is 1.00 e. The molecule has 0 fully saturated rings. The second kappa shape index (κ2) is 10.8. The first-order chi connectivity index (χ1) is 13.7. The monoisotopic (exact) mass is 480 g/mol. The number of esters is 1. The Morgan fingerprint density at radius 3 is 2.48 bits per heavy atom. The number of hydrogen-bond donors (Lipinski definition) is 3. The van der Waals surface area contributed by atoms with E-state index in [-0.39, 0.29) is 63.7 Å². The van der Waals surface area contributed by atoms with Crippen molar-refractivity contribution in [3.05, 3.63) is 56.7 Å². The number of halogens is 2. The maximum atomic E-state index is 12.0. The van der Waals surface area contributed by atoms with Crippen molar-refractivity contribution in [2.75, 3.05) is 12.0 Å². The molecular formula is C17H15Cl2N4NaO7. The van der Waals surface area contributed by atoms with E-state index in [1.54, 1.807) is 19.2 Å². The van der Waals surface area contributed by atoms with Gasteiger partial charge in [0.1, 0.15) is 17.0 Å². The van der Waals surface area contributed by atoms with E-state index in [2.05, 4.69) is 15.3 Å². The first kappa shape index (κ1) is 26.8. The third kappa shape index (κ3) is 5.32. The topological polar surface area (TPSA) is 165 Å². The molecular weight excluding hydrogens is 466 g/mol. The van der Waals surface area contributed by atoms with Crippen LogP contribution in [0.25, 0.3) is 5.52 Å². The van der Waals surface area contributed by atoms with Crippen LogP contribution in [-0.2, 0) is 14.3 Å². The number of nitrogens with zero attached hydrogens (tertiary/aromatic N) is 2. The van der Waals surface area contributed by atoms with E-state index < -0.39 is 23.6 Å². The van der Waals surface area contributed by atoms with Crippen LogP contribution in [0.15, 0.2) is 35.4 Å². The van der Waals surface area contributed by atoms with Gasteiger partial charge in [-0.3, -0.25) is 38.9 Å². The van der Waals surface area contributed by atoms with Crippen LogP contribution in [0.1, 0.15) is 17.4 Å². The van der Waals surface area contributed by atoms with E-state index in [9.17, 15) is 24.3 Å². The summed E-state index contributed by atoms with van der Waals surface area (Å²) in [7, 11) is 0. The van der Waals surface area contributed by atoms with Gasteiger partial charge < -0.3 is 15.3 Å². The van der Waals surface area contributed by atoms with Gasteiger partial charge in [0, 0.05) is 18.5 Å². The number of aromatic hydroxyl groups is 1. The number of nitrogens with one attached hydrogen (secondary N) is 2. The molecule has 1 atom stereocenters. The van der Waals surface area contributed by atoms with Crippen LogP contribution in [0, 0.1) is 5.92 Å². The Balaban J connectivity index is 0.000000305. The summed E-state index contributed by atoms with van der Waals surface area (Å²) in [6, 6.07) is 4.14. The van der Waals surface area contributed by atoms with Gasteiger partial charge in [0.15, 0.2) is 0 Å². The molecule has 0 spiro atoms. The molecule has 1 unspecified atom stereocenters. The van der Waals surface area contributed by atoms with Crippen LogP contribution in [0.5, 0.6) is 5.75 Å². The Labute approximate surface area is 206 Å². The van der Waals surface area contributed by atoms with Gasteiger partial charge in [0.2, 0.25) is 11.7 Å². The van der Waals surface area contributed by atoms with Gasteiger partial charge in [-0.05, 0) is 19.1 Å². The minimum atomic E-state index is -1.48. The Kier molecular flexibility index (Phi) is 9.36. The van der Waals surface area contributed by atoms with Crippen molar-refractivity contribution >= 4 is 46.4 Å². The molecule has 4 N–H and O–H groups in total. The number of Topliss-reactive ketones (excluding diaryl/α,β-unsaturated/α-hetero) is 1. The molecule has 0 radical (unpaired) electrons. The SMILES string of the molecule is CCOC(=O)C1C(=O)Nn2ccc(Cl)c2C1=O.O=c1cc(O)c2c(Cl)ccn2[nH]1.[Na+].[OH-]. The van der Waals surface area contributed by atoms with Gasteiger partial charge in [-0.25, -0.2) is 0 Å². The molecule has 1 amide bonds. The second-order valence-corrected chi connectivity index (χ2v) is 6.61. The zero-order valence-electron chi connectivity index (χ0n) is 16.3. The maximum absolute atomic E-state index is 12.0. The molecule has 14 heteroatoms. The van der Waals surface area contributed by atoms with Crippen molar-refractivity contribution in [3.8, 4) is 5.75 Å². The van der Waals surface area contributed by atoms with Crippen molar-refractivity contribution in [2.24, 2.45) is 5.92 Å². The smallest absolute Gasteiger partial charge is 0.870 e. The number of carbonyl (C=O) groups excluding carboxylic acids is 3. The third-order valence-electron chi connectivity index (χ3n) is 3.93. The van der Waals surface area contributed by atoms with Gasteiger partial charge in [0.25, 0.3) is 11.5 Å². The standard InChI is InChI=1S/C10H9ClN2O4.C7H5ClN2O2.Na.H2O/c1-2-17-10(16)6-8(14)7-5(11)3-4-13(7)12-9(6)15;8-4-1-2-10-7(4)5(11)3-6(12)9-10;;/h3-4,6H,2H2,1H3,(H,12,15);1-3,11H,(H,9,12);;1H2/q;;+1;/p-1. The summed E-state index contributed by atoms with van der Waals surface area (Å²) in [4.78, 5) is 45.9. The number of ether oxygens (including phenoxy) is 1. The summed E-state index contributed by atoms with van der Waals surface area (Å²) >= 11 is 11.5. The van der Waals surface area contributed by atoms with Crippen molar-refractivity contribution in [2.45, 2.75) is 6.92 Å². The Morgan fingerprint density at radius 1 is 1.19 bits per heavy atom. The molecule has 0 saturated heterocycles. The van der Waals surface area contributed by atoms with Crippen LogP contribution in [0.2, 0.25) is 10.0 Å². The van der Waals surface area contributed by atoms with Crippen molar-refractivity contribution < 1.29 is 59.3 Å². The predicted molar refractivity (Wildman–Crippen MR) is 105 cm³/mol. The van der Waals surface area contributed by atoms with Crippen molar-refractivity contribution in [1.29, 1.82) is 0 Å². The van der Waals surface area contributed by atoms with Gasteiger partial charge in [-0.15, -0.1) is 0 Å². The molecule has 3 aromatic rings. The number of hydrogen-bond acceptors (Lipinski definition) is 7. The Bertz CT molecular complexity index is 1190. The van der Waals surface area contributed by atoms with E-state index in [1.807, 2.05) is 0 Å². The van der Waals surface area contributed by atoms with Gasteiger partial charge in [0.05, 0.1) is 16.7 Å². The van der Waals surface area contributed by atoms with Crippen LogP contribution in [0.4, 0.5) is 0 Å². The quantitative estimate of drug-likeness (QED) is 0.225. The van der Waals surface area contributed by atoms with E-state index in [1.165, 1.54) is 21.5 Å². The molecule has 0 bridgehead atoms. The normalized spacial score (nSPS) is 14.4. The number of rotatable bonds is 2. The first-order valence-corrected chi connectivity index (χ1v) is 8.97. The fourth-order valence-electron chi connectivity index (χ4n) is 2.71. The number of aromatic nitrogens is 3. The molecule has 0 saturated carbocycles. The van der Waals surface area contributed by atoms with Gasteiger partial charge >= 0.3 is 35.5 Å². The van der Waals surface area contributed by atoms with Crippen LogP contribution in [-0.4, -0.2) is 49.1 Å². The number of ketones is 1. The third-order valence-corrected chi connectivity index (χ3v) is 4.54. The second-order valence-electron chi connectivity index (χ2n) is 5.80. The first-order valence-electron chi connectivity index (χ1n) is 8.22. The molecule has 4 heterocycles. The summed E-state index contributed by atoms with van der Waals surface area (Å²) in [5.74, 6) is -3.82. The molecule has 160 valence electrons. The fraction of sp³-hybridized carbons (Fsp3) is 0.176. The summed E-state index contributed by atoms with van der Waals surface area (Å²) in [5, 5.41) is 12.4. The predicted octanol–water partition coefficient (Wildman–Crippen LogP) is -1.60. The number of H-pyrrole nitrogens is 1. The zero-order valence-corrected chi connectivity index (χ0v) is 19.8. The van der Waals surface area contributed by atoms with Crippen LogP contribution < -0.4 is 40.5 Å². The van der Waals surface area contributed by atoms with Gasteiger partial charge in [-0.2, -0.15) is 0 Å². The van der Waals surface area contributed by atoms with E-state index in [4.69, 9.17) is 23.2 Å². The van der Waals surface area contributed by atoms with Gasteiger partial charge in [-0.1, -0.05) is 23.2 Å². The molecule has 1 aliphatic rings. The summed E-state index contributed by atoms with van der Waals surface area (Å²) in [6.45, 7) is 1.70. The number of amides is 1. The molecule has 11 nitrogen and oxygen atoms in total. The minimum Gasteiger partial charge on any atom is -0.870 e. The van der Waals surface area contributed by atoms with Crippen LogP contribution >= 0.6 is 23.2 Å². The molecule has 0 aliphatic carbocycles. The zero-order chi connectivity index (χ0) is 21.3. The average Bonchev–Trinajstić information content (AvgIpc) is 3.19. The molecule has 3 aromatic heterocycles. The molecule has 4 rings (SSSR count).